The normalized spacial score (nSPS) is 11.5. The molecular formula is C20H23NO5. The van der Waals surface area contributed by atoms with Gasteiger partial charge in [0, 0.05) is 6.07 Å². The van der Waals surface area contributed by atoms with Crippen LogP contribution in [0, 0.1) is 0 Å². The van der Waals surface area contributed by atoms with Gasteiger partial charge in [-0.1, -0.05) is 31.2 Å². The molecule has 2 aromatic carbocycles. The molecule has 0 fully saturated rings. The minimum Gasteiger partial charge on any atom is -0.507 e. The van der Waals surface area contributed by atoms with Crippen LogP contribution >= 0.6 is 0 Å². The summed E-state index contributed by atoms with van der Waals surface area (Å²) >= 11 is 0. The van der Waals surface area contributed by atoms with Gasteiger partial charge in [-0.3, -0.25) is 4.79 Å². The number of hydrogen-bond donors (Lipinski definition) is 2. The van der Waals surface area contributed by atoms with E-state index in [2.05, 4.69) is 12.2 Å². The average Bonchev–Trinajstić information content (AvgIpc) is 2.65. The molecule has 0 aliphatic rings. The van der Waals surface area contributed by atoms with Crippen LogP contribution in [0.25, 0.3) is 0 Å². The Bertz CT molecular complexity index is 770. The summed E-state index contributed by atoms with van der Waals surface area (Å²) in [6, 6.07) is 12.0. The molecule has 6 heteroatoms. The maximum Gasteiger partial charge on any atom is 0.342 e. The highest BCUT2D eigenvalue weighted by atomic mass is 16.5. The zero-order chi connectivity index (χ0) is 19.1. The van der Waals surface area contributed by atoms with Gasteiger partial charge in [-0.05, 0) is 36.6 Å². The fourth-order valence-corrected chi connectivity index (χ4v) is 2.43. The standard InChI is InChI=1S/C20H23NO5/c1-4-14-5-7-15(8-6-14)13(2)21-19(23)12-26-20(24)17-10-9-16(25-3)11-18(17)22/h5-11,13,22H,4,12H2,1-3H3,(H,21,23). The predicted octanol–water partition coefficient (Wildman–Crippen LogP) is 3.00. The summed E-state index contributed by atoms with van der Waals surface area (Å²) in [5.74, 6) is -1.04. The quantitative estimate of drug-likeness (QED) is 0.744. The fourth-order valence-electron chi connectivity index (χ4n) is 2.43. The Kier molecular flexibility index (Phi) is 6.60. The fraction of sp³-hybridized carbons (Fsp3) is 0.300. The van der Waals surface area contributed by atoms with Gasteiger partial charge in [-0.25, -0.2) is 4.79 Å². The summed E-state index contributed by atoms with van der Waals surface area (Å²) in [7, 11) is 1.45. The number of hydrogen-bond acceptors (Lipinski definition) is 5. The zero-order valence-corrected chi connectivity index (χ0v) is 15.1. The van der Waals surface area contributed by atoms with Crippen molar-refractivity contribution in [3.8, 4) is 11.5 Å². The first kappa shape index (κ1) is 19.3. The van der Waals surface area contributed by atoms with Crippen molar-refractivity contribution in [1.29, 1.82) is 0 Å². The number of carbonyl (C=O) groups excluding carboxylic acids is 2. The molecule has 1 atom stereocenters. The number of phenolic OH excluding ortho intramolecular Hbond substituents is 1. The van der Waals surface area contributed by atoms with Gasteiger partial charge in [0.05, 0.1) is 13.2 Å². The number of aromatic hydroxyl groups is 1. The molecule has 0 aliphatic carbocycles. The average molecular weight is 357 g/mol. The van der Waals surface area contributed by atoms with Crippen molar-refractivity contribution < 1.29 is 24.2 Å². The van der Waals surface area contributed by atoms with Gasteiger partial charge >= 0.3 is 5.97 Å². The molecule has 0 bridgehead atoms. The minimum atomic E-state index is -0.778. The second-order valence-electron chi connectivity index (χ2n) is 5.84. The lowest BCUT2D eigenvalue weighted by atomic mass is 10.1. The SMILES string of the molecule is CCc1ccc(C(C)NC(=O)COC(=O)c2ccc(OC)cc2O)cc1. The highest BCUT2D eigenvalue weighted by Crippen LogP contribution is 2.24. The molecule has 2 rings (SSSR count). The third-order valence-corrected chi connectivity index (χ3v) is 4.02. The molecule has 2 N–H and O–H groups in total. The minimum absolute atomic E-state index is 0.0261. The molecule has 6 nitrogen and oxygen atoms in total. The van der Waals surface area contributed by atoms with Gasteiger partial charge in [0.1, 0.15) is 17.1 Å². The van der Waals surface area contributed by atoms with Crippen LogP contribution in [0.4, 0.5) is 0 Å². The van der Waals surface area contributed by atoms with Crippen molar-refractivity contribution >= 4 is 11.9 Å². The lowest BCUT2D eigenvalue weighted by molar-refractivity contribution is -0.124. The molecule has 0 radical (unpaired) electrons. The van der Waals surface area contributed by atoms with E-state index in [0.717, 1.165) is 12.0 Å². The number of nitrogens with one attached hydrogen (secondary N) is 1. The number of rotatable bonds is 7. The van der Waals surface area contributed by atoms with E-state index >= 15 is 0 Å². The van der Waals surface area contributed by atoms with Crippen LogP contribution in [-0.2, 0) is 16.0 Å². The van der Waals surface area contributed by atoms with E-state index in [-0.39, 0.29) is 17.4 Å². The molecular weight excluding hydrogens is 334 g/mol. The Labute approximate surface area is 152 Å². The van der Waals surface area contributed by atoms with E-state index in [9.17, 15) is 14.7 Å². The molecule has 138 valence electrons. The number of methoxy groups -OCH3 is 1. The highest BCUT2D eigenvalue weighted by molar-refractivity contribution is 5.94. The molecule has 1 unspecified atom stereocenters. The predicted molar refractivity (Wildman–Crippen MR) is 97.3 cm³/mol. The van der Waals surface area contributed by atoms with Gasteiger partial charge in [-0.15, -0.1) is 0 Å². The largest absolute Gasteiger partial charge is 0.507 e. The van der Waals surface area contributed by atoms with Gasteiger partial charge in [-0.2, -0.15) is 0 Å². The Morgan fingerprint density at radius 3 is 2.42 bits per heavy atom. The Morgan fingerprint density at radius 2 is 1.85 bits per heavy atom. The molecule has 0 saturated heterocycles. The van der Waals surface area contributed by atoms with Crippen LogP contribution in [0.2, 0.25) is 0 Å². The van der Waals surface area contributed by atoms with Crippen LogP contribution in [0.3, 0.4) is 0 Å². The van der Waals surface area contributed by atoms with Gasteiger partial charge < -0.3 is 19.9 Å². The van der Waals surface area contributed by atoms with Crippen molar-refractivity contribution in [3.05, 3.63) is 59.2 Å². The molecule has 0 aliphatic heterocycles. The molecule has 0 heterocycles. The lowest BCUT2D eigenvalue weighted by Crippen LogP contribution is -2.31. The van der Waals surface area contributed by atoms with Crippen LogP contribution in [0.1, 0.15) is 41.4 Å². The van der Waals surface area contributed by atoms with E-state index in [0.29, 0.717) is 5.75 Å². The third-order valence-electron chi connectivity index (χ3n) is 4.02. The van der Waals surface area contributed by atoms with E-state index in [1.807, 2.05) is 31.2 Å². The van der Waals surface area contributed by atoms with Crippen molar-refractivity contribution in [3.63, 3.8) is 0 Å². The van der Waals surface area contributed by atoms with Crippen LogP contribution in [0.15, 0.2) is 42.5 Å². The number of phenols is 1. The number of carbonyl (C=O) groups is 2. The van der Waals surface area contributed by atoms with Gasteiger partial charge in [0.2, 0.25) is 0 Å². The van der Waals surface area contributed by atoms with E-state index in [1.54, 1.807) is 0 Å². The van der Waals surface area contributed by atoms with E-state index < -0.39 is 18.5 Å². The lowest BCUT2D eigenvalue weighted by Gasteiger charge is -2.15. The van der Waals surface area contributed by atoms with Crippen molar-refractivity contribution in [2.45, 2.75) is 26.3 Å². The first-order valence-corrected chi connectivity index (χ1v) is 8.37. The second-order valence-corrected chi connectivity index (χ2v) is 5.84. The molecule has 0 saturated carbocycles. The van der Waals surface area contributed by atoms with Crippen molar-refractivity contribution in [2.24, 2.45) is 0 Å². The van der Waals surface area contributed by atoms with Crippen LogP contribution in [0.5, 0.6) is 11.5 Å². The maximum absolute atomic E-state index is 12.0. The topological polar surface area (TPSA) is 84.9 Å². The van der Waals surface area contributed by atoms with Gasteiger partial charge in [0.15, 0.2) is 6.61 Å². The number of benzene rings is 2. The number of amides is 1. The molecule has 2 aromatic rings. The molecule has 26 heavy (non-hydrogen) atoms. The Balaban J connectivity index is 1.88. The molecule has 0 spiro atoms. The number of aryl methyl sites for hydroxylation is 1. The Morgan fingerprint density at radius 1 is 1.15 bits per heavy atom. The zero-order valence-electron chi connectivity index (χ0n) is 15.1. The summed E-state index contributed by atoms with van der Waals surface area (Å²) in [6.07, 6.45) is 0.954. The number of ether oxygens (including phenoxy) is 2. The van der Waals surface area contributed by atoms with Crippen LogP contribution < -0.4 is 10.1 Å². The third kappa shape index (κ3) is 4.99. The monoisotopic (exact) mass is 357 g/mol. The van der Waals surface area contributed by atoms with Gasteiger partial charge in [0.25, 0.3) is 5.91 Å². The van der Waals surface area contributed by atoms with Crippen molar-refractivity contribution in [1.82, 2.24) is 5.32 Å². The highest BCUT2D eigenvalue weighted by Gasteiger charge is 2.16. The first-order valence-electron chi connectivity index (χ1n) is 8.37. The summed E-state index contributed by atoms with van der Waals surface area (Å²) in [6.45, 7) is 3.51. The summed E-state index contributed by atoms with van der Waals surface area (Å²) in [5, 5.41) is 12.6. The second kappa shape index (κ2) is 8.89. The maximum atomic E-state index is 12.0. The van der Waals surface area contributed by atoms with Crippen LogP contribution in [-0.4, -0.2) is 30.7 Å². The van der Waals surface area contributed by atoms with E-state index in [4.69, 9.17) is 9.47 Å². The smallest absolute Gasteiger partial charge is 0.342 e. The van der Waals surface area contributed by atoms with E-state index in [1.165, 1.54) is 30.9 Å². The molecule has 0 aromatic heterocycles. The first-order chi connectivity index (χ1) is 12.4. The summed E-state index contributed by atoms with van der Waals surface area (Å²) in [5.41, 5.74) is 2.16. The summed E-state index contributed by atoms with van der Waals surface area (Å²) in [4.78, 5) is 24.0. The van der Waals surface area contributed by atoms with Crippen molar-refractivity contribution in [2.75, 3.05) is 13.7 Å². The Hall–Kier alpha value is -3.02. The molecule has 1 amide bonds. The summed E-state index contributed by atoms with van der Waals surface area (Å²) < 4.78 is 9.92. The number of esters is 1.